The van der Waals surface area contributed by atoms with Gasteiger partial charge < -0.3 is 10.5 Å². The summed E-state index contributed by atoms with van der Waals surface area (Å²) in [6, 6.07) is 1.90. The molecule has 0 spiro atoms. The van der Waals surface area contributed by atoms with Crippen molar-refractivity contribution in [3.8, 4) is 0 Å². The third-order valence-corrected chi connectivity index (χ3v) is 2.64. The van der Waals surface area contributed by atoms with Crippen LogP contribution in [-0.2, 0) is 4.74 Å². The maximum Gasteiger partial charge on any atom is 0.115 e. The first-order valence-corrected chi connectivity index (χ1v) is 4.99. The van der Waals surface area contributed by atoms with Crippen molar-refractivity contribution >= 4 is 0 Å². The molecule has 4 heteroatoms. The molecule has 1 aliphatic rings. The van der Waals surface area contributed by atoms with Crippen LogP contribution in [0.25, 0.3) is 0 Å². The Kier molecular flexibility index (Phi) is 3.06. The minimum atomic E-state index is 0.0664. The fraction of sp³-hybridized carbons (Fsp3) is 0.600. The van der Waals surface area contributed by atoms with Crippen LogP contribution in [0.5, 0.6) is 0 Å². The molecule has 1 aromatic heterocycles. The maximum absolute atomic E-state index is 5.71. The van der Waals surface area contributed by atoms with E-state index in [0.717, 1.165) is 25.1 Å². The van der Waals surface area contributed by atoms with Crippen molar-refractivity contribution in [1.29, 1.82) is 0 Å². The molecule has 2 atom stereocenters. The average Bonchev–Trinajstić information content (AvgIpc) is 2.30. The normalized spacial score (nSPS) is 27.5. The topological polar surface area (TPSA) is 61.0 Å². The van der Waals surface area contributed by atoms with Crippen molar-refractivity contribution in [2.75, 3.05) is 13.2 Å². The SMILES string of the molecule is NCC1CCCOC1c1ccncn1. The van der Waals surface area contributed by atoms with Gasteiger partial charge in [-0.15, -0.1) is 0 Å². The van der Waals surface area contributed by atoms with Gasteiger partial charge in [0.25, 0.3) is 0 Å². The van der Waals surface area contributed by atoms with Gasteiger partial charge in [-0.1, -0.05) is 0 Å². The lowest BCUT2D eigenvalue weighted by Gasteiger charge is -2.30. The molecule has 2 N–H and O–H groups in total. The quantitative estimate of drug-likeness (QED) is 0.758. The third-order valence-electron chi connectivity index (χ3n) is 2.64. The van der Waals surface area contributed by atoms with Gasteiger partial charge >= 0.3 is 0 Å². The molecule has 0 aromatic carbocycles. The van der Waals surface area contributed by atoms with E-state index in [1.165, 1.54) is 0 Å². The molecular formula is C10H15N3O. The summed E-state index contributed by atoms with van der Waals surface area (Å²) in [7, 11) is 0. The first-order chi connectivity index (χ1) is 6.92. The van der Waals surface area contributed by atoms with Crippen molar-refractivity contribution in [2.45, 2.75) is 18.9 Å². The molecule has 76 valence electrons. The predicted octanol–water partition coefficient (Wildman–Crippen LogP) is 0.903. The summed E-state index contributed by atoms with van der Waals surface area (Å²) in [5, 5.41) is 0. The van der Waals surface area contributed by atoms with Crippen LogP contribution in [0.3, 0.4) is 0 Å². The molecule has 2 heterocycles. The number of aromatic nitrogens is 2. The maximum atomic E-state index is 5.71. The Morgan fingerprint density at radius 2 is 2.50 bits per heavy atom. The summed E-state index contributed by atoms with van der Waals surface area (Å²) >= 11 is 0. The molecule has 0 amide bonds. The lowest BCUT2D eigenvalue weighted by Crippen LogP contribution is -2.29. The lowest BCUT2D eigenvalue weighted by molar-refractivity contribution is -0.0277. The Morgan fingerprint density at radius 3 is 3.21 bits per heavy atom. The predicted molar refractivity (Wildman–Crippen MR) is 52.5 cm³/mol. The molecule has 2 rings (SSSR count). The second-order valence-corrected chi connectivity index (χ2v) is 3.56. The fourth-order valence-electron chi connectivity index (χ4n) is 1.88. The van der Waals surface area contributed by atoms with Crippen LogP contribution < -0.4 is 5.73 Å². The Bertz CT molecular complexity index is 278. The second kappa shape index (κ2) is 4.48. The van der Waals surface area contributed by atoms with Crippen LogP contribution in [0.2, 0.25) is 0 Å². The van der Waals surface area contributed by atoms with Crippen LogP contribution >= 0.6 is 0 Å². The van der Waals surface area contributed by atoms with E-state index < -0.39 is 0 Å². The van der Waals surface area contributed by atoms with Gasteiger partial charge in [0.15, 0.2) is 0 Å². The molecule has 2 unspecified atom stereocenters. The zero-order chi connectivity index (χ0) is 9.80. The van der Waals surface area contributed by atoms with Crippen LogP contribution in [0, 0.1) is 5.92 Å². The highest BCUT2D eigenvalue weighted by Gasteiger charge is 2.26. The molecule has 0 radical (unpaired) electrons. The Labute approximate surface area is 83.5 Å². The summed E-state index contributed by atoms with van der Waals surface area (Å²) < 4.78 is 5.70. The lowest BCUT2D eigenvalue weighted by atomic mass is 9.92. The number of hydrogen-bond acceptors (Lipinski definition) is 4. The van der Waals surface area contributed by atoms with Gasteiger partial charge in [0.1, 0.15) is 12.4 Å². The standard InChI is InChI=1S/C10H15N3O/c11-6-8-2-1-5-14-10(8)9-3-4-12-7-13-9/h3-4,7-8,10H,1-2,5-6,11H2. The molecule has 0 aliphatic carbocycles. The van der Waals surface area contributed by atoms with E-state index in [4.69, 9.17) is 10.5 Å². The second-order valence-electron chi connectivity index (χ2n) is 3.56. The van der Waals surface area contributed by atoms with Gasteiger partial charge in [-0.05, 0) is 25.5 Å². The van der Waals surface area contributed by atoms with Crippen LogP contribution in [0.15, 0.2) is 18.6 Å². The molecule has 1 fully saturated rings. The third kappa shape index (κ3) is 1.91. The summed E-state index contributed by atoms with van der Waals surface area (Å²) in [6.07, 6.45) is 5.60. The van der Waals surface area contributed by atoms with Crippen LogP contribution in [-0.4, -0.2) is 23.1 Å². The largest absolute Gasteiger partial charge is 0.372 e. The number of nitrogens with zero attached hydrogens (tertiary/aromatic N) is 2. The fourth-order valence-corrected chi connectivity index (χ4v) is 1.88. The molecule has 0 bridgehead atoms. The smallest absolute Gasteiger partial charge is 0.115 e. The molecule has 0 saturated carbocycles. The van der Waals surface area contributed by atoms with E-state index in [1.807, 2.05) is 6.07 Å². The summed E-state index contributed by atoms with van der Waals surface area (Å²) in [6.45, 7) is 1.47. The van der Waals surface area contributed by atoms with Crippen LogP contribution in [0.4, 0.5) is 0 Å². The summed E-state index contributed by atoms with van der Waals surface area (Å²) in [5.41, 5.74) is 6.66. The highest BCUT2D eigenvalue weighted by molar-refractivity contribution is 5.05. The zero-order valence-corrected chi connectivity index (χ0v) is 8.10. The van der Waals surface area contributed by atoms with E-state index in [1.54, 1.807) is 12.5 Å². The van der Waals surface area contributed by atoms with Crippen molar-refractivity contribution < 1.29 is 4.74 Å². The van der Waals surface area contributed by atoms with Gasteiger partial charge in [0.2, 0.25) is 0 Å². The highest BCUT2D eigenvalue weighted by Crippen LogP contribution is 2.31. The van der Waals surface area contributed by atoms with Crippen molar-refractivity contribution in [3.05, 3.63) is 24.3 Å². The van der Waals surface area contributed by atoms with E-state index in [9.17, 15) is 0 Å². The van der Waals surface area contributed by atoms with Gasteiger partial charge in [-0.3, -0.25) is 0 Å². The van der Waals surface area contributed by atoms with E-state index >= 15 is 0 Å². The van der Waals surface area contributed by atoms with Gasteiger partial charge in [0, 0.05) is 18.7 Å². The first-order valence-electron chi connectivity index (χ1n) is 4.99. The molecule has 1 aromatic rings. The number of ether oxygens (including phenoxy) is 1. The zero-order valence-electron chi connectivity index (χ0n) is 8.10. The summed E-state index contributed by atoms with van der Waals surface area (Å²) in [4.78, 5) is 8.10. The average molecular weight is 193 g/mol. The van der Waals surface area contributed by atoms with Crippen molar-refractivity contribution in [2.24, 2.45) is 11.7 Å². The number of rotatable bonds is 2. The molecule has 14 heavy (non-hydrogen) atoms. The van der Waals surface area contributed by atoms with Crippen molar-refractivity contribution in [1.82, 2.24) is 9.97 Å². The number of hydrogen-bond donors (Lipinski definition) is 1. The van der Waals surface area contributed by atoms with Gasteiger partial charge in [0.05, 0.1) is 5.69 Å². The molecule has 1 saturated heterocycles. The molecule has 1 aliphatic heterocycles. The first kappa shape index (κ1) is 9.55. The van der Waals surface area contributed by atoms with Gasteiger partial charge in [-0.25, -0.2) is 9.97 Å². The molecule has 4 nitrogen and oxygen atoms in total. The van der Waals surface area contributed by atoms with E-state index in [0.29, 0.717) is 12.5 Å². The highest BCUT2D eigenvalue weighted by atomic mass is 16.5. The van der Waals surface area contributed by atoms with E-state index in [2.05, 4.69) is 9.97 Å². The Balaban J connectivity index is 2.15. The summed E-state index contributed by atoms with van der Waals surface area (Å²) in [5.74, 6) is 0.402. The monoisotopic (exact) mass is 193 g/mol. The van der Waals surface area contributed by atoms with Crippen LogP contribution in [0.1, 0.15) is 24.6 Å². The van der Waals surface area contributed by atoms with E-state index in [-0.39, 0.29) is 6.10 Å². The Hall–Kier alpha value is -1.00. The number of nitrogens with two attached hydrogens (primary N) is 1. The minimum Gasteiger partial charge on any atom is -0.372 e. The van der Waals surface area contributed by atoms with Crippen molar-refractivity contribution in [3.63, 3.8) is 0 Å². The molecular weight excluding hydrogens is 178 g/mol. The minimum absolute atomic E-state index is 0.0664. The van der Waals surface area contributed by atoms with Gasteiger partial charge in [-0.2, -0.15) is 0 Å². The Morgan fingerprint density at radius 1 is 1.57 bits per heavy atom.